The number of carbonyl (C=O) groups is 1. The summed E-state index contributed by atoms with van der Waals surface area (Å²) in [5.41, 5.74) is 2.32. The first-order valence-corrected chi connectivity index (χ1v) is 9.13. The SMILES string of the molecule is CN(C)C(=O)c1cccc(Nc2nccc(NCc3cccc4c3OCO4)n2)c1. The summed E-state index contributed by atoms with van der Waals surface area (Å²) in [4.78, 5) is 22.4. The van der Waals surface area contributed by atoms with Gasteiger partial charge in [0.15, 0.2) is 11.5 Å². The van der Waals surface area contributed by atoms with Crippen molar-refractivity contribution >= 4 is 23.4 Å². The predicted molar refractivity (Wildman–Crippen MR) is 110 cm³/mol. The van der Waals surface area contributed by atoms with Gasteiger partial charge >= 0.3 is 0 Å². The molecule has 0 radical (unpaired) electrons. The molecule has 4 rings (SSSR count). The maximum absolute atomic E-state index is 12.1. The fourth-order valence-corrected chi connectivity index (χ4v) is 2.95. The lowest BCUT2D eigenvalue weighted by atomic mass is 10.2. The molecule has 8 heteroatoms. The number of anilines is 3. The Morgan fingerprint density at radius 2 is 2.00 bits per heavy atom. The number of carbonyl (C=O) groups excluding carboxylic acids is 1. The van der Waals surface area contributed by atoms with Crippen LogP contribution in [0.4, 0.5) is 17.5 Å². The van der Waals surface area contributed by atoms with Crippen LogP contribution in [0.15, 0.2) is 54.7 Å². The first-order valence-electron chi connectivity index (χ1n) is 9.13. The molecule has 29 heavy (non-hydrogen) atoms. The van der Waals surface area contributed by atoms with Gasteiger partial charge in [0.2, 0.25) is 12.7 Å². The molecule has 1 aliphatic rings. The van der Waals surface area contributed by atoms with E-state index in [1.807, 2.05) is 30.3 Å². The second-order valence-corrected chi connectivity index (χ2v) is 6.68. The van der Waals surface area contributed by atoms with Crippen LogP contribution in [-0.2, 0) is 6.54 Å². The van der Waals surface area contributed by atoms with Crippen LogP contribution in [0.2, 0.25) is 0 Å². The first-order chi connectivity index (χ1) is 14.1. The predicted octanol–water partition coefficient (Wildman–Crippen LogP) is 3.26. The number of nitrogens with one attached hydrogen (secondary N) is 2. The van der Waals surface area contributed by atoms with Crippen LogP contribution >= 0.6 is 0 Å². The summed E-state index contributed by atoms with van der Waals surface area (Å²) in [6.07, 6.45) is 1.67. The third-order valence-electron chi connectivity index (χ3n) is 4.37. The van der Waals surface area contributed by atoms with Crippen LogP contribution in [0.5, 0.6) is 11.5 Å². The molecule has 0 unspecified atom stereocenters. The fraction of sp³-hybridized carbons (Fsp3) is 0.190. The van der Waals surface area contributed by atoms with E-state index in [-0.39, 0.29) is 12.7 Å². The third kappa shape index (κ3) is 4.21. The molecule has 2 heterocycles. The Labute approximate surface area is 168 Å². The molecule has 8 nitrogen and oxygen atoms in total. The molecule has 1 aliphatic heterocycles. The highest BCUT2D eigenvalue weighted by Gasteiger charge is 2.17. The molecule has 0 aliphatic carbocycles. The zero-order valence-corrected chi connectivity index (χ0v) is 16.2. The van der Waals surface area contributed by atoms with Crippen molar-refractivity contribution in [3.05, 3.63) is 65.9 Å². The van der Waals surface area contributed by atoms with Crippen molar-refractivity contribution in [3.63, 3.8) is 0 Å². The number of benzene rings is 2. The van der Waals surface area contributed by atoms with E-state index in [2.05, 4.69) is 20.6 Å². The van der Waals surface area contributed by atoms with Gasteiger partial charge in [-0.25, -0.2) is 4.98 Å². The number of hydrogen-bond acceptors (Lipinski definition) is 7. The summed E-state index contributed by atoms with van der Waals surface area (Å²) in [7, 11) is 3.44. The van der Waals surface area contributed by atoms with Crippen molar-refractivity contribution in [2.75, 3.05) is 31.5 Å². The lowest BCUT2D eigenvalue weighted by Gasteiger charge is -2.12. The van der Waals surface area contributed by atoms with Gasteiger partial charge < -0.3 is 25.0 Å². The lowest BCUT2D eigenvalue weighted by molar-refractivity contribution is 0.0827. The van der Waals surface area contributed by atoms with E-state index in [9.17, 15) is 4.79 Å². The second-order valence-electron chi connectivity index (χ2n) is 6.68. The standard InChI is InChI=1S/C21H21N5O3/c1-26(2)20(27)14-5-3-7-16(11-14)24-21-22-10-9-18(25-21)23-12-15-6-4-8-17-19(15)29-13-28-17/h3-11H,12-13H2,1-2H3,(H2,22,23,24,25). The Morgan fingerprint density at radius 1 is 1.14 bits per heavy atom. The Morgan fingerprint density at radius 3 is 2.86 bits per heavy atom. The smallest absolute Gasteiger partial charge is 0.253 e. The van der Waals surface area contributed by atoms with E-state index in [1.54, 1.807) is 38.5 Å². The van der Waals surface area contributed by atoms with Gasteiger partial charge in [0, 0.05) is 43.7 Å². The summed E-state index contributed by atoms with van der Waals surface area (Å²) in [6, 6.07) is 14.8. The normalized spacial score (nSPS) is 11.8. The van der Waals surface area contributed by atoms with E-state index in [4.69, 9.17) is 9.47 Å². The maximum Gasteiger partial charge on any atom is 0.253 e. The molecule has 0 atom stereocenters. The van der Waals surface area contributed by atoms with Crippen molar-refractivity contribution < 1.29 is 14.3 Å². The minimum Gasteiger partial charge on any atom is -0.454 e. The largest absolute Gasteiger partial charge is 0.454 e. The molecule has 3 aromatic rings. The van der Waals surface area contributed by atoms with Crippen LogP contribution in [-0.4, -0.2) is 41.7 Å². The quantitative estimate of drug-likeness (QED) is 0.667. The number of aromatic nitrogens is 2. The number of fused-ring (bicyclic) bond motifs is 1. The van der Waals surface area contributed by atoms with Crippen molar-refractivity contribution in [2.24, 2.45) is 0 Å². The monoisotopic (exact) mass is 391 g/mol. The zero-order valence-electron chi connectivity index (χ0n) is 16.2. The highest BCUT2D eigenvalue weighted by atomic mass is 16.7. The second kappa shape index (κ2) is 8.05. The minimum atomic E-state index is -0.0634. The molecule has 0 saturated carbocycles. The van der Waals surface area contributed by atoms with Crippen molar-refractivity contribution in [1.29, 1.82) is 0 Å². The Balaban J connectivity index is 1.45. The maximum atomic E-state index is 12.1. The van der Waals surface area contributed by atoms with Gasteiger partial charge in [0.1, 0.15) is 5.82 Å². The Bertz CT molecular complexity index is 1040. The molecular formula is C21H21N5O3. The number of para-hydroxylation sites is 1. The molecule has 0 saturated heterocycles. The lowest BCUT2D eigenvalue weighted by Crippen LogP contribution is -2.21. The molecule has 0 spiro atoms. The highest BCUT2D eigenvalue weighted by Crippen LogP contribution is 2.35. The number of ether oxygens (including phenoxy) is 2. The highest BCUT2D eigenvalue weighted by molar-refractivity contribution is 5.94. The van der Waals surface area contributed by atoms with Crippen LogP contribution in [0.25, 0.3) is 0 Å². The number of rotatable bonds is 6. The summed E-state index contributed by atoms with van der Waals surface area (Å²) in [6.45, 7) is 0.777. The first kappa shape index (κ1) is 18.5. The molecule has 1 amide bonds. The zero-order chi connectivity index (χ0) is 20.2. The van der Waals surface area contributed by atoms with Crippen LogP contribution in [0.3, 0.4) is 0 Å². The van der Waals surface area contributed by atoms with Gasteiger partial charge in [-0.15, -0.1) is 0 Å². The van der Waals surface area contributed by atoms with E-state index in [0.29, 0.717) is 23.9 Å². The fourth-order valence-electron chi connectivity index (χ4n) is 2.95. The van der Waals surface area contributed by atoms with E-state index in [0.717, 1.165) is 22.7 Å². The average Bonchev–Trinajstić information content (AvgIpc) is 3.21. The number of amides is 1. The van der Waals surface area contributed by atoms with Crippen molar-refractivity contribution in [1.82, 2.24) is 14.9 Å². The Hall–Kier alpha value is -3.81. The van der Waals surface area contributed by atoms with Gasteiger partial charge in [0.05, 0.1) is 0 Å². The van der Waals surface area contributed by atoms with Gasteiger partial charge in [-0.2, -0.15) is 4.98 Å². The minimum absolute atomic E-state index is 0.0634. The van der Waals surface area contributed by atoms with Crippen molar-refractivity contribution in [2.45, 2.75) is 6.54 Å². The molecule has 1 aromatic heterocycles. The van der Waals surface area contributed by atoms with Gasteiger partial charge in [-0.05, 0) is 30.3 Å². The van der Waals surface area contributed by atoms with Gasteiger partial charge in [0.25, 0.3) is 5.91 Å². The van der Waals surface area contributed by atoms with Crippen molar-refractivity contribution in [3.8, 4) is 11.5 Å². The summed E-state index contributed by atoms with van der Waals surface area (Å²) in [5, 5.41) is 6.41. The van der Waals surface area contributed by atoms with E-state index >= 15 is 0 Å². The topological polar surface area (TPSA) is 88.6 Å². The van der Waals surface area contributed by atoms with Gasteiger partial charge in [-0.1, -0.05) is 18.2 Å². The van der Waals surface area contributed by atoms with Gasteiger partial charge in [-0.3, -0.25) is 4.79 Å². The van der Waals surface area contributed by atoms with E-state index in [1.165, 1.54) is 4.90 Å². The summed E-state index contributed by atoms with van der Waals surface area (Å²) >= 11 is 0. The summed E-state index contributed by atoms with van der Waals surface area (Å²) in [5.74, 6) is 2.55. The molecule has 0 bridgehead atoms. The third-order valence-corrected chi connectivity index (χ3v) is 4.37. The van der Waals surface area contributed by atoms with Crippen LogP contribution < -0.4 is 20.1 Å². The number of nitrogens with zero attached hydrogens (tertiary/aromatic N) is 3. The molecule has 0 fully saturated rings. The Kier molecular flexibility index (Phi) is 5.15. The summed E-state index contributed by atoms with van der Waals surface area (Å²) < 4.78 is 10.9. The molecule has 148 valence electrons. The van der Waals surface area contributed by atoms with Crippen LogP contribution in [0, 0.1) is 0 Å². The van der Waals surface area contributed by atoms with Crippen LogP contribution in [0.1, 0.15) is 15.9 Å². The number of hydrogen-bond donors (Lipinski definition) is 2. The molecule has 2 N–H and O–H groups in total. The molecular weight excluding hydrogens is 370 g/mol. The molecule has 2 aromatic carbocycles. The van der Waals surface area contributed by atoms with E-state index < -0.39 is 0 Å². The average molecular weight is 391 g/mol.